The van der Waals surface area contributed by atoms with E-state index in [1.165, 1.54) is 89.9 Å². The van der Waals surface area contributed by atoms with Crippen molar-refractivity contribution in [2.75, 3.05) is 7.11 Å². The van der Waals surface area contributed by atoms with Crippen LogP contribution in [0, 0.1) is 11.8 Å². The predicted octanol–water partition coefficient (Wildman–Crippen LogP) is 8.39. The predicted molar refractivity (Wildman–Crippen MR) is 114 cm³/mol. The lowest BCUT2D eigenvalue weighted by atomic mass is 9.94. The molecule has 0 aromatic rings. The second-order valence-corrected chi connectivity index (χ2v) is 7.55. The molecule has 0 saturated carbocycles. The molecule has 1 atom stereocenters. The maximum atomic E-state index is 7.00. The van der Waals surface area contributed by atoms with Gasteiger partial charge in [-0.15, -0.1) is 0 Å². The van der Waals surface area contributed by atoms with E-state index in [0.717, 1.165) is 18.9 Å². The van der Waals surface area contributed by atoms with Crippen molar-refractivity contribution in [1.29, 1.82) is 0 Å². The first kappa shape index (κ1) is 28.8. The fraction of sp³-hybridized carbons (Fsp3) is 1.00. The van der Waals surface area contributed by atoms with Crippen LogP contribution in [0.5, 0.6) is 0 Å². The molecule has 1 unspecified atom stereocenters. The average Bonchev–Trinajstić information content (AvgIpc) is 2.59. The Morgan fingerprint density at radius 2 is 0.792 bits per heavy atom. The second-order valence-electron chi connectivity index (χ2n) is 7.55. The Morgan fingerprint density at radius 3 is 0.958 bits per heavy atom. The summed E-state index contributed by atoms with van der Waals surface area (Å²) >= 11 is 0. The molecular weight excluding hydrogens is 292 g/mol. The first-order chi connectivity index (χ1) is 11.6. The van der Waals surface area contributed by atoms with Crippen LogP contribution in [0.15, 0.2) is 0 Å². The van der Waals surface area contributed by atoms with Crippen molar-refractivity contribution in [3.05, 3.63) is 0 Å². The summed E-state index contributed by atoms with van der Waals surface area (Å²) in [5.41, 5.74) is 0. The van der Waals surface area contributed by atoms with Crippen LogP contribution in [-0.4, -0.2) is 12.2 Å². The highest BCUT2D eigenvalue weighted by molar-refractivity contribution is 4.54. The minimum atomic E-state index is 0.870. The van der Waals surface area contributed by atoms with Gasteiger partial charge in [-0.05, 0) is 11.8 Å². The molecular formula is C23H52O. The Hall–Kier alpha value is -0.0400. The smallest absolute Gasteiger partial charge is 0.0319 e. The molecule has 0 aliphatic carbocycles. The zero-order valence-electron chi connectivity index (χ0n) is 18.5. The van der Waals surface area contributed by atoms with Crippen molar-refractivity contribution in [3.8, 4) is 0 Å². The van der Waals surface area contributed by atoms with Crippen LogP contribution < -0.4 is 0 Å². The van der Waals surface area contributed by atoms with E-state index in [-0.39, 0.29) is 0 Å². The Bertz CT molecular complexity index is 165. The Morgan fingerprint density at radius 1 is 0.500 bits per heavy atom. The van der Waals surface area contributed by atoms with E-state index in [1.54, 1.807) is 0 Å². The standard InChI is InChI=1S/C14H30.C8H18.CH4O/c1-3-5-7-9-11-13-14-12-10-8-6-4-2;1-5-6-8(4)7(2)3;1-2/h3-14H2,1-2H3;7-8H,5-6H2,1-4H3;2H,1H3. The molecule has 0 amide bonds. The monoisotopic (exact) mass is 344 g/mol. The maximum Gasteiger partial charge on any atom is 0.0319 e. The van der Waals surface area contributed by atoms with E-state index >= 15 is 0 Å². The fourth-order valence-corrected chi connectivity index (χ4v) is 2.70. The molecule has 0 fully saturated rings. The summed E-state index contributed by atoms with van der Waals surface area (Å²) in [5.74, 6) is 1.79. The van der Waals surface area contributed by atoms with Gasteiger partial charge in [0.25, 0.3) is 0 Å². The molecule has 1 N–H and O–H groups in total. The number of rotatable bonds is 14. The van der Waals surface area contributed by atoms with Gasteiger partial charge in [-0.2, -0.15) is 0 Å². The summed E-state index contributed by atoms with van der Waals surface area (Å²) in [6.45, 7) is 13.7. The Labute approximate surface area is 156 Å². The lowest BCUT2D eigenvalue weighted by Gasteiger charge is -2.12. The molecule has 0 aliphatic heterocycles. The normalized spacial score (nSPS) is 11.4. The number of hydrogen-bond donors (Lipinski definition) is 1. The van der Waals surface area contributed by atoms with Gasteiger partial charge in [-0.25, -0.2) is 0 Å². The minimum Gasteiger partial charge on any atom is -0.400 e. The summed E-state index contributed by atoms with van der Waals surface area (Å²) in [6, 6.07) is 0. The number of aliphatic hydroxyl groups is 1. The molecule has 24 heavy (non-hydrogen) atoms. The van der Waals surface area contributed by atoms with Gasteiger partial charge in [0.05, 0.1) is 0 Å². The van der Waals surface area contributed by atoms with Gasteiger partial charge < -0.3 is 5.11 Å². The highest BCUT2D eigenvalue weighted by Crippen LogP contribution is 2.14. The third-order valence-corrected chi connectivity index (χ3v) is 4.84. The van der Waals surface area contributed by atoms with Crippen molar-refractivity contribution in [2.45, 2.75) is 131 Å². The molecule has 1 nitrogen and oxygen atoms in total. The van der Waals surface area contributed by atoms with Crippen LogP contribution >= 0.6 is 0 Å². The highest BCUT2D eigenvalue weighted by atomic mass is 16.2. The average molecular weight is 345 g/mol. The molecule has 0 bridgehead atoms. The maximum absolute atomic E-state index is 7.00. The van der Waals surface area contributed by atoms with Crippen molar-refractivity contribution in [2.24, 2.45) is 11.8 Å². The largest absolute Gasteiger partial charge is 0.400 e. The van der Waals surface area contributed by atoms with Gasteiger partial charge in [0.15, 0.2) is 0 Å². The molecule has 0 rings (SSSR count). The third-order valence-electron chi connectivity index (χ3n) is 4.84. The van der Waals surface area contributed by atoms with Crippen LogP contribution in [0.3, 0.4) is 0 Å². The zero-order chi connectivity index (χ0) is 19.1. The molecule has 1 heteroatoms. The van der Waals surface area contributed by atoms with Crippen LogP contribution in [-0.2, 0) is 0 Å². The number of unbranched alkanes of at least 4 members (excludes halogenated alkanes) is 11. The Balaban J connectivity index is -0.000000374. The van der Waals surface area contributed by atoms with Crippen molar-refractivity contribution in [3.63, 3.8) is 0 Å². The fourth-order valence-electron chi connectivity index (χ4n) is 2.70. The van der Waals surface area contributed by atoms with Crippen LogP contribution in [0.2, 0.25) is 0 Å². The number of aliphatic hydroxyl groups excluding tert-OH is 1. The highest BCUT2D eigenvalue weighted by Gasteiger charge is 2.03. The van der Waals surface area contributed by atoms with Gasteiger partial charge in [-0.3, -0.25) is 0 Å². The summed E-state index contributed by atoms with van der Waals surface area (Å²) in [7, 11) is 1.00. The molecule has 0 aromatic heterocycles. The van der Waals surface area contributed by atoms with E-state index in [4.69, 9.17) is 5.11 Å². The lowest BCUT2D eigenvalue weighted by molar-refractivity contribution is 0.389. The van der Waals surface area contributed by atoms with Gasteiger partial charge in [0.2, 0.25) is 0 Å². The van der Waals surface area contributed by atoms with Crippen LogP contribution in [0.4, 0.5) is 0 Å². The van der Waals surface area contributed by atoms with E-state index in [9.17, 15) is 0 Å². The van der Waals surface area contributed by atoms with E-state index < -0.39 is 0 Å². The molecule has 0 aliphatic rings. The van der Waals surface area contributed by atoms with E-state index in [0.29, 0.717) is 0 Å². The molecule has 0 aromatic carbocycles. The van der Waals surface area contributed by atoms with Crippen LogP contribution in [0.25, 0.3) is 0 Å². The second kappa shape index (κ2) is 27.8. The summed E-state index contributed by atoms with van der Waals surface area (Å²) in [4.78, 5) is 0. The van der Waals surface area contributed by atoms with Crippen LogP contribution in [0.1, 0.15) is 131 Å². The minimum absolute atomic E-state index is 0.870. The molecule has 0 heterocycles. The molecule has 0 saturated heterocycles. The molecule has 0 radical (unpaired) electrons. The first-order valence-corrected chi connectivity index (χ1v) is 11.0. The van der Waals surface area contributed by atoms with E-state index in [1.807, 2.05) is 0 Å². The molecule has 0 spiro atoms. The van der Waals surface area contributed by atoms with Gasteiger partial charge in [0, 0.05) is 7.11 Å². The molecule has 150 valence electrons. The van der Waals surface area contributed by atoms with Crippen molar-refractivity contribution >= 4 is 0 Å². The Kier molecular flexibility index (Phi) is 33.3. The zero-order valence-corrected chi connectivity index (χ0v) is 18.5. The lowest BCUT2D eigenvalue weighted by Crippen LogP contribution is -2.02. The summed E-state index contributed by atoms with van der Waals surface area (Å²) in [6.07, 6.45) is 20.1. The van der Waals surface area contributed by atoms with E-state index in [2.05, 4.69) is 41.5 Å². The third kappa shape index (κ3) is 29.9. The summed E-state index contributed by atoms with van der Waals surface area (Å²) < 4.78 is 0. The van der Waals surface area contributed by atoms with Gasteiger partial charge in [-0.1, -0.05) is 131 Å². The quantitative estimate of drug-likeness (QED) is 0.314. The first-order valence-electron chi connectivity index (χ1n) is 11.0. The van der Waals surface area contributed by atoms with Crippen molar-refractivity contribution in [1.82, 2.24) is 0 Å². The van der Waals surface area contributed by atoms with Gasteiger partial charge >= 0.3 is 0 Å². The number of hydrogen-bond acceptors (Lipinski definition) is 1. The summed E-state index contributed by atoms with van der Waals surface area (Å²) in [5, 5.41) is 7.00. The SMILES string of the molecule is CCCC(C)C(C)C.CCCCCCCCCCCCCC.CO. The van der Waals surface area contributed by atoms with Crippen molar-refractivity contribution < 1.29 is 5.11 Å². The topological polar surface area (TPSA) is 20.2 Å². The van der Waals surface area contributed by atoms with Gasteiger partial charge in [0.1, 0.15) is 0 Å².